The molecule has 8 heteroatoms. The van der Waals surface area contributed by atoms with Gasteiger partial charge in [-0.25, -0.2) is 4.98 Å². The Balaban J connectivity index is 1.16. The molecule has 7 nitrogen and oxygen atoms in total. The summed E-state index contributed by atoms with van der Waals surface area (Å²) in [5.41, 5.74) is 5.09. The number of carbonyl (C=O) groups excluding carboxylic acids is 1. The van der Waals surface area contributed by atoms with Gasteiger partial charge in [0.25, 0.3) is 5.91 Å². The first-order valence-electron chi connectivity index (χ1n) is 10.7. The summed E-state index contributed by atoms with van der Waals surface area (Å²) < 4.78 is 10.9. The highest BCUT2D eigenvalue weighted by atomic mass is 32.1. The van der Waals surface area contributed by atoms with Crippen molar-refractivity contribution in [1.82, 2.24) is 14.8 Å². The number of carbonyl (C=O) groups is 1. The summed E-state index contributed by atoms with van der Waals surface area (Å²) >= 11 is 1.46. The van der Waals surface area contributed by atoms with Gasteiger partial charge in [-0.1, -0.05) is 23.8 Å². The Morgan fingerprint density at radius 2 is 1.88 bits per heavy atom. The summed E-state index contributed by atoms with van der Waals surface area (Å²) in [5.74, 6) is 1.61. The molecule has 0 unspecified atom stereocenters. The fourth-order valence-corrected chi connectivity index (χ4v) is 4.76. The number of thiazole rings is 1. The van der Waals surface area contributed by atoms with Crippen molar-refractivity contribution in [1.29, 1.82) is 0 Å². The number of hydrogen-bond acceptors (Lipinski definition) is 7. The van der Waals surface area contributed by atoms with Crippen molar-refractivity contribution in [3.05, 3.63) is 64.2 Å². The summed E-state index contributed by atoms with van der Waals surface area (Å²) in [6, 6.07) is 12.3. The van der Waals surface area contributed by atoms with Crippen molar-refractivity contribution in [3.63, 3.8) is 0 Å². The monoisotopic (exact) mass is 450 g/mol. The van der Waals surface area contributed by atoms with Gasteiger partial charge in [-0.3, -0.25) is 9.69 Å². The lowest BCUT2D eigenvalue weighted by Crippen LogP contribution is -2.48. The Bertz CT molecular complexity index is 1140. The van der Waals surface area contributed by atoms with Crippen LogP contribution in [-0.4, -0.2) is 53.7 Å². The number of aryl methyl sites for hydroxylation is 2. The van der Waals surface area contributed by atoms with E-state index in [0.29, 0.717) is 18.8 Å². The zero-order chi connectivity index (χ0) is 22.1. The molecular weight excluding hydrogens is 424 g/mol. The number of anilines is 2. The lowest BCUT2D eigenvalue weighted by molar-refractivity contribution is 0.0623. The maximum absolute atomic E-state index is 13.0. The summed E-state index contributed by atoms with van der Waals surface area (Å²) in [6.45, 7) is 8.32. The molecule has 1 saturated heterocycles. The first kappa shape index (κ1) is 20.8. The van der Waals surface area contributed by atoms with E-state index in [1.54, 1.807) is 0 Å². The van der Waals surface area contributed by atoms with Crippen LogP contribution in [-0.2, 0) is 6.54 Å². The number of benzene rings is 2. The number of aromatic nitrogens is 1. The molecule has 1 aromatic heterocycles. The van der Waals surface area contributed by atoms with E-state index in [0.717, 1.165) is 47.5 Å². The third-order valence-corrected chi connectivity index (χ3v) is 6.61. The molecule has 0 radical (unpaired) electrons. The lowest BCUT2D eigenvalue weighted by Gasteiger charge is -2.34. The first-order chi connectivity index (χ1) is 15.5. The molecule has 2 aromatic carbocycles. The SMILES string of the molecule is Cc1ccc(Nc2nc(C(=O)N3CCN(Cc4ccc5c(c4)OCO5)CC3)cs2)c(C)c1. The Morgan fingerprint density at radius 1 is 1.06 bits per heavy atom. The van der Waals surface area contributed by atoms with Crippen LogP contribution in [0.3, 0.4) is 0 Å². The van der Waals surface area contributed by atoms with Crippen molar-refractivity contribution in [2.45, 2.75) is 20.4 Å². The molecule has 166 valence electrons. The Morgan fingerprint density at radius 3 is 2.69 bits per heavy atom. The largest absolute Gasteiger partial charge is 0.454 e. The summed E-state index contributed by atoms with van der Waals surface area (Å²) in [4.78, 5) is 21.8. The van der Waals surface area contributed by atoms with E-state index < -0.39 is 0 Å². The predicted molar refractivity (Wildman–Crippen MR) is 125 cm³/mol. The second kappa shape index (κ2) is 8.80. The van der Waals surface area contributed by atoms with E-state index in [4.69, 9.17) is 9.47 Å². The molecule has 1 amide bonds. The highest BCUT2D eigenvalue weighted by Gasteiger charge is 2.24. The smallest absolute Gasteiger partial charge is 0.273 e. The van der Waals surface area contributed by atoms with E-state index in [9.17, 15) is 4.79 Å². The third-order valence-electron chi connectivity index (χ3n) is 5.85. The van der Waals surface area contributed by atoms with E-state index in [1.165, 1.54) is 22.5 Å². The number of amides is 1. The molecular formula is C24H26N4O3S. The zero-order valence-electron chi connectivity index (χ0n) is 18.3. The number of ether oxygens (including phenoxy) is 2. The predicted octanol–water partition coefficient (Wildman–Crippen LogP) is 4.19. The molecule has 3 aromatic rings. The van der Waals surface area contributed by atoms with Crippen LogP contribution < -0.4 is 14.8 Å². The average Bonchev–Trinajstić information content (AvgIpc) is 3.45. The fraction of sp³-hybridized carbons (Fsp3) is 0.333. The molecule has 2 aliphatic rings. The number of hydrogen-bond donors (Lipinski definition) is 1. The van der Waals surface area contributed by atoms with Crippen LogP contribution >= 0.6 is 11.3 Å². The summed E-state index contributed by atoms with van der Waals surface area (Å²) in [6.07, 6.45) is 0. The van der Waals surface area contributed by atoms with Gasteiger partial charge in [-0.15, -0.1) is 11.3 Å². The van der Waals surface area contributed by atoms with Crippen molar-refractivity contribution in [3.8, 4) is 11.5 Å². The van der Waals surface area contributed by atoms with E-state index in [-0.39, 0.29) is 12.7 Å². The first-order valence-corrected chi connectivity index (χ1v) is 11.6. The molecule has 0 spiro atoms. The maximum Gasteiger partial charge on any atom is 0.273 e. The molecule has 5 rings (SSSR count). The molecule has 1 fully saturated rings. The van der Waals surface area contributed by atoms with E-state index in [1.807, 2.05) is 28.5 Å². The second-order valence-corrected chi connectivity index (χ2v) is 9.10. The summed E-state index contributed by atoms with van der Waals surface area (Å²) in [7, 11) is 0. The van der Waals surface area contributed by atoms with Crippen LogP contribution in [0.2, 0.25) is 0 Å². The number of piperazine rings is 1. The molecule has 2 aliphatic heterocycles. The van der Waals surface area contributed by atoms with Crippen LogP contribution in [0.15, 0.2) is 41.8 Å². The van der Waals surface area contributed by atoms with Crippen LogP contribution in [0, 0.1) is 13.8 Å². The van der Waals surface area contributed by atoms with E-state index >= 15 is 0 Å². The van der Waals surface area contributed by atoms with Crippen LogP contribution in [0.1, 0.15) is 27.2 Å². The lowest BCUT2D eigenvalue weighted by atomic mass is 10.1. The third kappa shape index (κ3) is 4.42. The standard InChI is InChI=1S/C24H26N4O3S/c1-16-3-5-19(17(2)11-16)25-24-26-20(14-32-24)23(29)28-9-7-27(8-10-28)13-18-4-6-21-22(12-18)31-15-30-21/h3-6,11-12,14H,7-10,13,15H2,1-2H3,(H,25,26). The Kier molecular flexibility index (Phi) is 5.71. The number of nitrogens with one attached hydrogen (secondary N) is 1. The van der Waals surface area contributed by atoms with Crippen molar-refractivity contribution in [2.24, 2.45) is 0 Å². The van der Waals surface area contributed by atoms with E-state index in [2.05, 4.69) is 47.2 Å². The van der Waals surface area contributed by atoms with Gasteiger partial charge >= 0.3 is 0 Å². The number of fused-ring (bicyclic) bond motifs is 1. The van der Waals surface area contributed by atoms with Gasteiger partial charge in [0, 0.05) is 43.8 Å². The minimum atomic E-state index is -0.00217. The minimum Gasteiger partial charge on any atom is -0.454 e. The van der Waals surface area contributed by atoms with Crippen LogP contribution in [0.5, 0.6) is 11.5 Å². The number of nitrogens with zero attached hydrogens (tertiary/aromatic N) is 3. The summed E-state index contributed by atoms with van der Waals surface area (Å²) in [5, 5.41) is 5.92. The Hall–Kier alpha value is -3.10. The van der Waals surface area contributed by atoms with Gasteiger partial charge in [0.2, 0.25) is 6.79 Å². The van der Waals surface area contributed by atoms with Crippen molar-refractivity contribution in [2.75, 3.05) is 38.3 Å². The molecule has 0 bridgehead atoms. The van der Waals surface area contributed by atoms with Crippen molar-refractivity contribution >= 4 is 28.1 Å². The van der Waals surface area contributed by atoms with Gasteiger partial charge in [-0.2, -0.15) is 0 Å². The second-order valence-electron chi connectivity index (χ2n) is 8.24. The molecule has 1 N–H and O–H groups in total. The fourth-order valence-electron chi connectivity index (χ4n) is 4.07. The molecule has 0 atom stereocenters. The van der Waals surface area contributed by atoms with Crippen molar-refractivity contribution < 1.29 is 14.3 Å². The van der Waals surface area contributed by atoms with Gasteiger partial charge in [0.15, 0.2) is 16.6 Å². The van der Waals surface area contributed by atoms with Gasteiger partial charge in [-0.05, 0) is 43.2 Å². The van der Waals surface area contributed by atoms with Gasteiger partial charge in [0.05, 0.1) is 0 Å². The maximum atomic E-state index is 13.0. The topological polar surface area (TPSA) is 66.9 Å². The number of rotatable bonds is 5. The van der Waals surface area contributed by atoms with Gasteiger partial charge in [0.1, 0.15) is 5.69 Å². The van der Waals surface area contributed by atoms with Gasteiger partial charge < -0.3 is 19.7 Å². The molecule has 0 saturated carbocycles. The molecule has 3 heterocycles. The molecule has 32 heavy (non-hydrogen) atoms. The minimum absolute atomic E-state index is 0.00217. The van der Waals surface area contributed by atoms with Crippen LogP contribution in [0.4, 0.5) is 10.8 Å². The average molecular weight is 451 g/mol. The van der Waals surface area contributed by atoms with Crippen LogP contribution in [0.25, 0.3) is 0 Å². The quantitative estimate of drug-likeness (QED) is 0.629. The zero-order valence-corrected chi connectivity index (χ0v) is 19.1. The normalized spacial score (nSPS) is 15.8. The highest BCUT2D eigenvalue weighted by molar-refractivity contribution is 7.14. The highest BCUT2D eigenvalue weighted by Crippen LogP contribution is 2.33. The molecule has 0 aliphatic carbocycles. The Labute approximate surface area is 191 Å².